The number of aryl methyl sites for hydroxylation is 2. The number of carbonyl (C=O) groups is 1. The molecular formula is C12H19NO3S. The van der Waals surface area contributed by atoms with E-state index in [1.54, 1.807) is 0 Å². The van der Waals surface area contributed by atoms with Crippen LogP contribution in [-0.2, 0) is 20.1 Å². The topological polar surface area (TPSA) is 55.4 Å². The minimum absolute atomic E-state index is 0.0903. The van der Waals surface area contributed by atoms with Crippen molar-refractivity contribution < 1.29 is 13.2 Å². The summed E-state index contributed by atoms with van der Waals surface area (Å²) < 4.78 is 14.7. The molecule has 0 bridgehead atoms. The lowest BCUT2D eigenvalue weighted by Gasteiger charge is -1.95. The van der Waals surface area contributed by atoms with Gasteiger partial charge in [-0.2, -0.15) is 0 Å². The van der Waals surface area contributed by atoms with Crippen molar-refractivity contribution in [3.63, 3.8) is 0 Å². The molecule has 0 aromatic heterocycles. The first kappa shape index (κ1) is 15.8. The number of hydrogen-bond donors (Lipinski definition) is 1. The fraction of sp³-hybridized carbons (Fsp3) is 0.417. The monoisotopic (exact) mass is 257 g/mol. The summed E-state index contributed by atoms with van der Waals surface area (Å²) in [6.07, 6.45) is 0. The van der Waals surface area contributed by atoms with E-state index < -0.39 is 11.1 Å². The minimum Gasteiger partial charge on any atom is -0.358 e. The lowest BCUT2D eigenvalue weighted by atomic mass is 10.1. The van der Waals surface area contributed by atoms with Crippen LogP contribution in [0, 0.1) is 13.8 Å². The third-order valence-electron chi connectivity index (χ3n) is 2.14. The van der Waals surface area contributed by atoms with Crippen LogP contribution in [-0.4, -0.2) is 30.0 Å². The number of nitrogens with one attached hydrogen (secondary N) is 1. The van der Waals surface area contributed by atoms with Crippen molar-refractivity contribution in [3.05, 3.63) is 35.4 Å². The second-order valence-electron chi connectivity index (χ2n) is 3.37. The Kier molecular flexibility index (Phi) is 8.27. The van der Waals surface area contributed by atoms with E-state index in [9.17, 15) is 9.00 Å². The molecule has 1 unspecified atom stereocenters. The van der Waals surface area contributed by atoms with Crippen molar-refractivity contribution in [2.45, 2.75) is 13.8 Å². The van der Waals surface area contributed by atoms with E-state index in [0.717, 1.165) is 0 Å². The van der Waals surface area contributed by atoms with Crippen molar-refractivity contribution in [2.24, 2.45) is 0 Å². The van der Waals surface area contributed by atoms with Crippen LogP contribution in [0.1, 0.15) is 11.1 Å². The second kappa shape index (κ2) is 8.90. The highest BCUT2D eigenvalue weighted by molar-refractivity contribution is 7.80. The maximum absolute atomic E-state index is 10.4. The summed E-state index contributed by atoms with van der Waals surface area (Å²) in [5, 5.41) is 2.32. The van der Waals surface area contributed by atoms with Crippen LogP contribution in [0.15, 0.2) is 24.3 Å². The number of amides is 1. The fourth-order valence-electron chi connectivity index (χ4n) is 0.901. The lowest BCUT2D eigenvalue weighted by molar-refractivity contribution is -0.118. The standard InChI is InChI=1S/C8H10.C4H9NO3S/c1-7-5-3-4-6-8(7)2;1-5-4(6)3-9(7)8-2/h3-6H,1-2H3;3H2,1-2H3,(H,5,6). The van der Waals surface area contributed by atoms with Crippen molar-refractivity contribution in [1.82, 2.24) is 5.32 Å². The van der Waals surface area contributed by atoms with Gasteiger partial charge in [0.1, 0.15) is 5.75 Å². The lowest BCUT2D eigenvalue weighted by Crippen LogP contribution is -2.24. The zero-order valence-electron chi connectivity index (χ0n) is 10.6. The zero-order valence-corrected chi connectivity index (χ0v) is 11.5. The Hall–Kier alpha value is -1.20. The zero-order chi connectivity index (χ0) is 13.3. The maximum atomic E-state index is 10.4. The molecule has 0 heterocycles. The molecule has 1 aromatic rings. The SMILES string of the molecule is CNC(=O)CS(=O)OC.Cc1ccccc1C. The van der Waals surface area contributed by atoms with Gasteiger partial charge in [-0.25, -0.2) is 4.21 Å². The molecule has 1 aromatic carbocycles. The van der Waals surface area contributed by atoms with Crippen LogP contribution < -0.4 is 5.32 Å². The fourth-order valence-corrected chi connectivity index (χ4v) is 1.38. The molecule has 1 N–H and O–H groups in total. The Morgan fingerprint density at radius 3 is 2.06 bits per heavy atom. The Morgan fingerprint density at radius 2 is 1.76 bits per heavy atom. The van der Waals surface area contributed by atoms with Gasteiger partial charge in [-0.1, -0.05) is 24.3 Å². The molecule has 1 rings (SSSR count). The van der Waals surface area contributed by atoms with E-state index in [1.165, 1.54) is 25.3 Å². The molecule has 0 radical (unpaired) electrons. The first-order valence-electron chi connectivity index (χ1n) is 5.17. The number of hydrogen-bond acceptors (Lipinski definition) is 3. The summed E-state index contributed by atoms with van der Waals surface area (Å²) in [6, 6.07) is 8.36. The van der Waals surface area contributed by atoms with Gasteiger partial charge in [0.2, 0.25) is 5.91 Å². The van der Waals surface area contributed by atoms with E-state index in [-0.39, 0.29) is 11.7 Å². The summed E-state index contributed by atoms with van der Waals surface area (Å²) >= 11 is -1.47. The normalized spacial score (nSPS) is 11.1. The molecule has 96 valence electrons. The molecule has 0 aliphatic heterocycles. The van der Waals surface area contributed by atoms with E-state index in [0.29, 0.717) is 0 Å². The van der Waals surface area contributed by atoms with Crippen LogP contribution in [0.4, 0.5) is 0 Å². The van der Waals surface area contributed by atoms with Gasteiger partial charge in [-0.3, -0.25) is 8.98 Å². The first-order chi connectivity index (χ1) is 8.01. The predicted octanol–water partition coefficient (Wildman–Crippen LogP) is 1.35. The molecule has 0 aliphatic carbocycles. The number of benzene rings is 1. The molecule has 0 spiro atoms. The molecule has 5 heteroatoms. The third-order valence-corrected chi connectivity index (χ3v) is 3.01. The van der Waals surface area contributed by atoms with Gasteiger partial charge < -0.3 is 5.32 Å². The highest BCUT2D eigenvalue weighted by atomic mass is 32.2. The summed E-state index contributed by atoms with van der Waals surface area (Å²) in [6.45, 7) is 4.24. The van der Waals surface area contributed by atoms with Crippen LogP contribution in [0.2, 0.25) is 0 Å². The third kappa shape index (κ3) is 7.65. The molecule has 0 saturated carbocycles. The van der Waals surface area contributed by atoms with E-state index in [4.69, 9.17) is 0 Å². The highest BCUT2D eigenvalue weighted by Gasteiger charge is 2.02. The Labute approximate surface area is 105 Å². The van der Waals surface area contributed by atoms with E-state index >= 15 is 0 Å². The van der Waals surface area contributed by atoms with Crippen molar-refractivity contribution in [2.75, 3.05) is 19.9 Å². The van der Waals surface area contributed by atoms with Crippen molar-refractivity contribution >= 4 is 17.0 Å². The van der Waals surface area contributed by atoms with Gasteiger partial charge in [0.15, 0.2) is 11.1 Å². The Bertz CT molecular complexity index is 345. The largest absolute Gasteiger partial charge is 0.358 e. The van der Waals surface area contributed by atoms with E-state index in [1.807, 2.05) is 0 Å². The van der Waals surface area contributed by atoms with Gasteiger partial charge in [-0.15, -0.1) is 0 Å². The van der Waals surface area contributed by atoms with Crippen molar-refractivity contribution in [1.29, 1.82) is 0 Å². The van der Waals surface area contributed by atoms with Crippen LogP contribution >= 0.6 is 0 Å². The smallest absolute Gasteiger partial charge is 0.234 e. The van der Waals surface area contributed by atoms with E-state index in [2.05, 4.69) is 47.6 Å². The van der Waals surface area contributed by atoms with Gasteiger partial charge in [-0.05, 0) is 25.0 Å². The Morgan fingerprint density at radius 1 is 1.29 bits per heavy atom. The summed E-state index contributed by atoms with van der Waals surface area (Å²) in [5.41, 5.74) is 2.74. The number of carbonyl (C=O) groups excluding carboxylic acids is 1. The molecule has 1 atom stereocenters. The molecule has 0 aliphatic rings. The highest BCUT2D eigenvalue weighted by Crippen LogP contribution is 2.02. The molecule has 1 amide bonds. The van der Waals surface area contributed by atoms with Crippen molar-refractivity contribution in [3.8, 4) is 0 Å². The van der Waals surface area contributed by atoms with Crippen LogP contribution in [0.25, 0.3) is 0 Å². The summed E-state index contributed by atoms with van der Waals surface area (Å²) in [4.78, 5) is 10.4. The maximum Gasteiger partial charge on any atom is 0.234 e. The molecule has 0 fully saturated rings. The molecule has 4 nitrogen and oxygen atoms in total. The average molecular weight is 257 g/mol. The van der Waals surface area contributed by atoms with Gasteiger partial charge in [0.05, 0.1) is 7.11 Å². The summed E-state index contributed by atoms with van der Waals surface area (Å²) in [7, 11) is 2.77. The molecule has 17 heavy (non-hydrogen) atoms. The van der Waals surface area contributed by atoms with Crippen LogP contribution in [0.5, 0.6) is 0 Å². The Balaban J connectivity index is 0.000000302. The average Bonchev–Trinajstić information content (AvgIpc) is 2.33. The quantitative estimate of drug-likeness (QED) is 0.889. The van der Waals surface area contributed by atoms with Crippen LogP contribution in [0.3, 0.4) is 0 Å². The van der Waals surface area contributed by atoms with Gasteiger partial charge >= 0.3 is 0 Å². The molecular weight excluding hydrogens is 238 g/mol. The molecule has 0 saturated heterocycles. The minimum atomic E-state index is -1.47. The summed E-state index contributed by atoms with van der Waals surface area (Å²) in [5.74, 6) is -0.373. The van der Waals surface area contributed by atoms with Gasteiger partial charge in [0, 0.05) is 7.05 Å². The first-order valence-corrected chi connectivity index (χ1v) is 6.41. The number of rotatable bonds is 3. The second-order valence-corrected chi connectivity index (χ2v) is 4.60. The van der Waals surface area contributed by atoms with Gasteiger partial charge in [0.25, 0.3) is 0 Å². The predicted molar refractivity (Wildman–Crippen MR) is 70.0 cm³/mol.